The van der Waals surface area contributed by atoms with Crippen LogP contribution in [-0.2, 0) is 5.33 Å². The van der Waals surface area contributed by atoms with Crippen molar-refractivity contribution in [1.82, 2.24) is 0 Å². The van der Waals surface area contributed by atoms with E-state index in [1.54, 1.807) is 7.11 Å². The van der Waals surface area contributed by atoms with E-state index in [4.69, 9.17) is 4.74 Å². The zero-order valence-electron chi connectivity index (χ0n) is 7.03. The number of methoxy groups -OCH3 is 1. The highest BCUT2D eigenvalue weighted by Crippen LogP contribution is 2.27. The summed E-state index contributed by atoms with van der Waals surface area (Å²) in [6.07, 6.45) is 0. The van der Waals surface area contributed by atoms with Gasteiger partial charge in [-0.3, -0.25) is 0 Å². The quantitative estimate of drug-likeness (QED) is 0.756. The van der Waals surface area contributed by atoms with Gasteiger partial charge >= 0.3 is 0 Å². The van der Waals surface area contributed by atoms with Gasteiger partial charge in [0.05, 0.1) is 7.11 Å². The SMILES string of the molecule is COc1cc(Br)cc(CBr)c1C. The van der Waals surface area contributed by atoms with Crippen molar-refractivity contribution in [2.24, 2.45) is 0 Å². The molecule has 1 nitrogen and oxygen atoms in total. The first-order valence-corrected chi connectivity index (χ1v) is 5.49. The smallest absolute Gasteiger partial charge is 0.123 e. The first-order chi connectivity index (χ1) is 5.69. The zero-order valence-corrected chi connectivity index (χ0v) is 10.2. The van der Waals surface area contributed by atoms with Crippen LogP contribution in [0.3, 0.4) is 0 Å². The molecule has 0 saturated carbocycles. The normalized spacial score (nSPS) is 10.0. The summed E-state index contributed by atoms with van der Waals surface area (Å²) in [6, 6.07) is 4.06. The van der Waals surface area contributed by atoms with E-state index in [1.165, 1.54) is 11.1 Å². The molecular formula is C9H10Br2O. The van der Waals surface area contributed by atoms with Gasteiger partial charge in [0.1, 0.15) is 5.75 Å². The molecule has 0 aliphatic heterocycles. The fourth-order valence-corrected chi connectivity index (χ4v) is 2.13. The van der Waals surface area contributed by atoms with Gasteiger partial charge in [0.25, 0.3) is 0 Å². The number of halogens is 2. The molecule has 0 bridgehead atoms. The van der Waals surface area contributed by atoms with Crippen molar-refractivity contribution >= 4 is 31.9 Å². The highest BCUT2D eigenvalue weighted by Gasteiger charge is 2.04. The molecule has 1 aromatic rings. The molecule has 0 aromatic heterocycles. The lowest BCUT2D eigenvalue weighted by molar-refractivity contribution is 0.411. The second-order valence-electron chi connectivity index (χ2n) is 2.53. The molecule has 0 aliphatic rings. The molecule has 0 saturated heterocycles. The standard InChI is InChI=1S/C9H10Br2O/c1-6-7(5-10)3-8(11)4-9(6)12-2/h3-4H,5H2,1-2H3. The average molecular weight is 294 g/mol. The van der Waals surface area contributed by atoms with Crippen LogP contribution in [0.15, 0.2) is 16.6 Å². The van der Waals surface area contributed by atoms with E-state index in [9.17, 15) is 0 Å². The van der Waals surface area contributed by atoms with E-state index in [0.29, 0.717) is 0 Å². The number of hydrogen-bond donors (Lipinski definition) is 0. The van der Waals surface area contributed by atoms with Gasteiger partial charge in [0.2, 0.25) is 0 Å². The van der Waals surface area contributed by atoms with Crippen molar-refractivity contribution in [2.45, 2.75) is 12.3 Å². The van der Waals surface area contributed by atoms with E-state index >= 15 is 0 Å². The molecule has 3 heteroatoms. The van der Waals surface area contributed by atoms with Gasteiger partial charge in [0, 0.05) is 9.80 Å². The Morgan fingerprint density at radius 1 is 1.42 bits per heavy atom. The Kier molecular flexibility index (Phi) is 3.59. The minimum Gasteiger partial charge on any atom is -0.496 e. The molecular weight excluding hydrogens is 284 g/mol. The lowest BCUT2D eigenvalue weighted by atomic mass is 10.1. The van der Waals surface area contributed by atoms with Gasteiger partial charge in [-0.15, -0.1) is 0 Å². The molecule has 1 rings (SSSR count). The van der Waals surface area contributed by atoms with Crippen molar-refractivity contribution in [1.29, 1.82) is 0 Å². The third kappa shape index (κ3) is 2.02. The number of benzene rings is 1. The van der Waals surface area contributed by atoms with Gasteiger partial charge in [0.15, 0.2) is 0 Å². The number of rotatable bonds is 2. The molecule has 1 aromatic carbocycles. The van der Waals surface area contributed by atoms with E-state index in [-0.39, 0.29) is 0 Å². The van der Waals surface area contributed by atoms with Crippen molar-refractivity contribution in [3.05, 3.63) is 27.7 Å². The Labute approximate surface area is 89.4 Å². The van der Waals surface area contributed by atoms with Crippen LogP contribution in [0.1, 0.15) is 11.1 Å². The van der Waals surface area contributed by atoms with Crippen molar-refractivity contribution < 1.29 is 4.74 Å². The highest BCUT2D eigenvalue weighted by molar-refractivity contribution is 9.10. The molecule has 0 N–H and O–H groups in total. The fraction of sp³-hybridized carbons (Fsp3) is 0.333. The third-order valence-electron chi connectivity index (χ3n) is 1.80. The molecule has 0 spiro atoms. The monoisotopic (exact) mass is 292 g/mol. The number of hydrogen-bond acceptors (Lipinski definition) is 1. The van der Waals surface area contributed by atoms with Crippen molar-refractivity contribution in [3.63, 3.8) is 0 Å². The van der Waals surface area contributed by atoms with Crippen LogP contribution in [0.4, 0.5) is 0 Å². The zero-order chi connectivity index (χ0) is 9.14. The Bertz CT molecular complexity index is 259. The minimum absolute atomic E-state index is 0.856. The lowest BCUT2D eigenvalue weighted by Crippen LogP contribution is -1.91. The van der Waals surface area contributed by atoms with E-state index in [1.807, 2.05) is 6.07 Å². The van der Waals surface area contributed by atoms with Gasteiger partial charge in [-0.1, -0.05) is 31.9 Å². The molecule has 66 valence electrons. The summed E-state index contributed by atoms with van der Waals surface area (Å²) in [5.74, 6) is 0.929. The molecule has 0 heterocycles. The van der Waals surface area contributed by atoms with Crippen LogP contribution in [0, 0.1) is 6.92 Å². The van der Waals surface area contributed by atoms with Gasteiger partial charge in [-0.25, -0.2) is 0 Å². The Hall–Kier alpha value is -0.0200. The predicted octanol–water partition coefficient (Wildman–Crippen LogP) is 3.66. The second-order valence-corrected chi connectivity index (χ2v) is 4.00. The van der Waals surface area contributed by atoms with Crippen LogP contribution < -0.4 is 4.74 Å². The van der Waals surface area contributed by atoms with Crippen molar-refractivity contribution in [2.75, 3.05) is 7.11 Å². The lowest BCUT2D eigenvalue weighted by Gasteiger charge is -2.08. The molecule has 0 amide bonds. The summed E-state index contributed by atoms with van der Waals surface area (Å²) in [7, 11) is 1.69. The van der Waals surface area contributed by atoms with E-state index in [2.05, 4.69) is 44.8 Å². The highest BCUT2D eigenvalue weighted by atomic mass is 79.9. The summed E-state index contributed by atoms with van der Waals surface area (Å²) in [5.41, 5.74) is 2.44. The maximum Gasteiger partial charge on any atom is 0.123 e. The summed E-state index contributed by atoms with van der Waals surface area (Å²) < 4.78 is 6.27. The maximum absolute atomic E-state index is 5.22. The van der Waals surface area contributed by atoms with Crippen LogP contribution in [-0.4, -0.2) is 7.11 Å². The number of ether oxygens (including phenoxy) is 1. The molecule has 12 heavy (non-hydrogen) atoms. The van der Waals surface area contributed by atoms with Crippen LogP contribution in [0.2, 0.25) is 0 Å². The molecule has 0 unspecified atom stereocenters. The topological polar surface area (TPSA) is 9.23 Å². The maximum atomic E-state index is 5.22. The Morgan fingerprint density at radius 3 is 2.58 bits per heavy atom. The van der Waals surface area contributed by atoms with E-state index < -0.39 is 0 Å². The third-order valence-corrected chi connectivity index (χ3v) is 2.86. The predicted molar refractivity (Wildman–Crippen MR) is 58.1 cm³/mol. The van der Waals surface area contributed by atoms with Gasteiger partial charge in [-0.05, 0) is 30.2 Å². The minimum atomic E-state index is 0.856. The Morgan fingerprint density at radius 2 is 2.08 bits per heavy atom. The van der Waals surface area contributed by atoms with E-state index in [0.717, 1.165) is 15.6 Å². The van der Waals surface area contributed by atoms with Crippen LogP contribution in [0.25, 0.3) is 0 Å². The summed E-state index contributed by atoms with van der Waals surface area (Å²) in [6.45, 7) is 2.06. The van der Waals surface area contributed by atoms with Gasteiger partial charge < -0.3 is 4.74 Å². The second kappa shape index (κ2) is 4.28. The van der Waals surface area contributed by atoms with Crippen molar-refractivity contribution in [3.8, 4) is 5.75 Å². The first-order valence-electron chi connectivity index (χ1n) is 3.58. The average Bonchev–Trinajstić information content (AvgIpc) is 2.08. The summed E-state index contributed by atoms with van der Waals surface area (Å²) >= 11 is 6.86. The van der Waals surface area contributed by atoms with Crippen LogP contribution in [0.5, 0.6) is 5.75 Å². The Balaban J connectivity index is 3.22. The molecule has 0 atom stereocenters. The first kappa shape index (κ1) is 10.1. The fourth-order valence-electron chi connectivity index (χ4n) is 1.06. The number of alkyl halides is 1. The molecule has 0 aliphatic carbocycles. The molecule has 0 fully saturated rings. The largest absolute Gasteiger partial charge is 0.496 e. The molecule has 0 radical (unpaired) electrons. The summed E-state index contributed by atoms with van der Waals surface area (Å²) in [5, 5.41) is 0.856. The summed E-state index contributed by atoms with van der Waals surface area (Å²) in [4.78, 5) is 0. The van der Waals surface area contributed by atoms with Crippen LogP contribution >= 0.6 is 31.9 Å². The van der Waals surface area contributed by atoms with Gasteiger partial charge in [-0.2, -0.15) is 0 Å².